The molecule has 5 rings (SSSR count). The van der Waals surface area contributed by atoms with Gasteiger partial charge in [-0.1, -0.05) is 13.0 Å². The number of amides is 1. The van der Waals surface area contributed by atoms with Gasteiger partial charge in [-0.3, -0.25) is 14.5 Å². The zero-order valence-corrected chi connectivity index (χ0v) is 21.5. The van der Waals surface area contributed by atoms with Gasteiger partial charge >= 0.3 is 0 Å². The normalized spacial score (nSPS) is 17.3. The third-order valence-corrected chi connectivity index (χ3v) is 6.89. The Labute approximate surface area is 215 Å². The minimum absolute atomic E-state index is 0.0151. The number of carbonyl (C=O) groups is 1. The molecule has 4 aromatic rings. The molecule has 0 unspecified atom stereocenters. The summed E-state index contributed by atoms with van der Waals surface area (Å²) in [6.07, 6.45) is 5.59. The molecule has 10 heteroatoms. The highest BCUT2D eigenvalue weighted by Gasteiger charge is 2.42. The number of nitrogens with one attached hydrogen (secondary N) is 2. The maximum Gasteiger partial charge on any atom is 0.224 e. The van der Waals surface area contributed by atoms with Crippen LogP contribution in [0.4, 0.5) is 11.4 Å². The number of hydrogen-bond acceptors (Lipinski definition) is 5. The van der Waals surface area contributed by atoms with E-state index >= 15 is 0 Å². The number of benzene rings is 1. The van der Waals surface area contributed by atoms with Gasteiger partial charge in [0.05, 0.1) is 17.8 Å². The first-order chi connectivity index (χ1) is 17.4. The van der Waals surface area contributed by atoms with Crippen LogP contribution in [-0.2, 0) is 4.79 Å². The third-order valence-electron chi connectivity index (χ3n) is 6.57. The Morgan fingerprint density at radius 3 is 2.56 bits per heavy atom. The molecule has 1 aliphatic rings. The Kier molecular flexibility index (Phi) is 6.27. The van der Waals surface area contributed by atoms with Gasteiger partial charge in [0.2, 0.25) is 5.91 Å². The van der Waals surface area contributed by atoms with Crippen LogP contribution in [0.5, 0.6) is 0 Å². The highest BCUT2D eigenvalue weighted by Crippen LogP contribution is 2.43. The molecule has 1 amide bonds. The Morgan fingerprint density at radius 1 is 1.11 bits per heavy atom. The topological polar surface area (TPSA) is 92.9 Å². The molecule has 184 valence electrons. The largest absolute Gasteiger partial charge is 0.351 e. The van der Waals surface area contributed by atoms with E-state index in [0.29, 0.717) is 11.5 Å². The number of anilines is 2. The fourth-order valence-corrected chi connectivity index (χ4v) is 5.20. The predicted octanol–water partition coefficient (Wildman–Crippen LogP) is 4.24. The standard InChI is InChI=1S/C26H28N8OS/c1-5-23(35)30-21-10-9-19(12-16(21)2)33-25(24(31-26(33)36)22-8-6-7-11-27-22)20-13-17(3)34(18(20)4)32-14-28-29-15-32/h6-15,24-25H,5H2,1-4H3,(H,30,35)(H,31,36)/t24-,25-/m1/s1. The van der Waals surface area contributed by atoms with Crippen molar-refractivity contribution in [2.24, 2.45) is 0 Å². The molecule has 1 saturated heterocycles. The molecule has 0 bridgehead atoms. The molecule has 1 fully saturated rings. The van der Waals surface area contributed by atoms with Crippen molar-refractivity contribution in [2.75, 3.05) is 10.2 Å². The third kappa shape index (κ3) is 4.13. The van der Waals surface area contributed by atoms with Crippen LogP contribution in [0.1, 0.15) is 53.6 Å². The average molecular weight is 501 g/mol. The van der Waals surface area contributed by atoms with Crippen LogP contribution >= 0.6 is 12.2 Å². The highest BCUT2D eigenvalue weighted by atomic mass is 32.1. The molecule has 0 aliphatic carbocycles. The summed E-state index contributed by atoms with van der Waals surface area (Å²) in [6, 6.07) is 13.8. The van der Waals surface area contributed by atoms with Crippen LogP contribution in [0.3, 0.4) is 0 Å². The first kappa shape index (κ1) is 23.7. The first-order valence-corrected chi connectivity index (χ1v) is 12.2. The van der Waals surface area contributed by atoms with Gasteiger partial charge in [0.15, 0.2) is 5.11 Å². The molecule has 0 radical (unpaired) electrons. The Morgan fingerprint density at radius 2 is 1.89 bits per heavy atom. The van der Waals surface area contributed by atoms with Crippen LogP contribution in [0.25, 0.3) is 0 Å². The SMILES string of the molecule is CCC(=O)Nc1ccc(N2C(=S)N[C@H](c3ccccn3)[C@H]2c2cc(C)n(-n3cnnc3)c2C)cc1C. The summed E-state index contributed by atoms with van der Waals surface area (Å²) in [5.74, 6) is -0.0151. The monoisotopic (exact) mass is 500 g/mol. The van der Waals surface area contributed by atoms with Crippen molar-refractivity contribution >= 4 is 34.6 Å². The number of aromatic nitrogens is 5. The minimum atomic E-state index is -0.159. The summed E-state index contributed by atoms with van der Waals surface area (Å²) in [5, 5.41) is 15.1. The number of nitrogens with zero attached hydrogens (tertiary/aromatic N) is 6. The van der Waals surface area contributed by atoms with Gasteiger partial charge in [-0.05, 0) is 75.0 Å². The fourth-order valence-electron chi connectivity index (χ4n) is 4.86. The van der Waals surface area contributed by atoms with E-state index in [-0.39, 0.29) is 18.0 Å². The highest BCUT2D eigenvalue weighted by molar-refractivity contribution is 7.80. The Bertz CT molecular complexity index is 1410. The number of carbonyl (C=O) groups excluding carboxylic acids is 1. The van der Waals surface area contributed by atoms with Crippen molar-refractivity contribution in [3.8, 4) is 0 Å². The van der Waals surface area contributed by atoms with Gasteiger partial charge in [-0.25, -0.2) is 4.68 Å². The molecule has 3 aromatic heterocycles. The van der Waals surface area contributed by atoms with Gasteiger partial charge in [0, 0.05) is 40.9 Å². The van der Waals surface area contributed by atoms with Crippen molar-refractivity contribution in [1.29, 1.82) is 0 Å². The molecule has 36 heavy (non-hydrogen) atoms. The number of pyridine rings is 1. The molecular formula is C26H28N8OS. The molecule has 0 saturated carbocycles. The Balaban J connectivity index is 1.62. The second kappa shape index (κ2) is 9.54. The van der Waals surface area contributed by atoms with E-state index in [0.717, 1.165) is 39.6 Å². The lowest BCUT2D eigenvalue weighted by Crippen LogP contribution is -2.29. The van der Waals surface area contributed by atoms with Crippen molar-refractivity contribution in [3.63, 3.8) is 0 Å². The molecular weight excluding hydrogens is 472 g/mol. The lowest BCUT2D eigenvalue weighted by molar-refractivity contribution is -0.115. The summed E-state index contributed by atoms with van der Waals surface area (Å²) in [6.45, 7) is 7.98. The van der Waals surface area contributed by atoms with Gasteiger partial charge in [-0.15, -0.1) is 10.2 Å². The number of rotatable bonds is 6. The van der Waals surface area contributed by atoms with E-state index in [9.17, 15) is 4.79 Å². The van der Waals surface area contributed by atoms with Gasteiger partial charge < -0.3 is 15.5 Å². The molecule has 1 aromatic carbocycles. The zero-order valence-electron chi connectivity index (χ0n) is 20.6. The van der Waals surface area contributed by atoms with Gasteiger partial charge in [-0.2, -0.15) is 0 Å². The van der Waals surface area contributed by atoms with E-state index in [2.05, 4.69) is 61.4 Å². The van der Waals surface area contributed by atoms with Crippen LogP contribution in [0, 0.1) is 20.8 Å². The molecule has 2 N–H and O–H groups in total. The molecule has 0 spiro atoms. The predicted molar refractivity (Wildman–Crippen MR) is 143 cm³/mol. The van der Waals surface area contributed by atoms with E-state index in [4.69, 9.17) is 12.2 Å². The van der Waals surface area contributed by atoms with Crippen LogP contribution in [0.2, 0.25) is 0 Å². The smallest absolute Gasteiger partial charge is 0.224 e. The fraction of sp³-hybridized carbons (Fsp3) is 0.269. The molecule has 1 aliphatic heterocycles. The second-order valence-corrected chi connectivity index (χ2v) is 9.26. The Hall–Kier alpha value is -4.05. The van der Waals surface area contributed by atoms with Gasteiger partial charge in [0.25, 0.3) is 0 Å². The van der Waals surface area contributed by atoms with Crippen molar-refractivity contribution in [3.05, 3.63) is 89.5 Å². The summed E-state index contributed by atoms with van der Waals surface area (Å²) >= 11 is 5.89. The summed E-state index contributed by atoms with van der Waals surface area (Å²) in [5.41, 5.74) is 6.83. The van der Waals surface area contributed by atoms with E-state index < -0.39 is 0 Å². The maximum atomic E-state index is 12.0. The maximum absolute atomic E-state index is 12.0. The van der Waals surface area contributed by atoms with Crippen LogP contribution in [-0.4, -0.2) is 35.6 Å². The van der Waals surface area contributed by atoms with Crippen LogP contribution < -0.4 is 15.5 Å². The van der Waals surface area contributed by atoms with Crippen LogP contribution in [0.15, 0.2) is 61.3 Å². The minimum Gasteiger partial charge on any atom is -0.351 e. The molecule has 4 heterocycles. The number of aryl methyl sites for hydroxylation is 2. The van der Waals surface area contributed by atoms with E-state index in [1.54, 1.807) is 18.9 Å². The van der Waals surface area contributed by atoms with Crippen molar-refractivity contribution < 1.29 is 4.79 Å². The molecule has 9 nitrogen and oxygen atoms in total. The lowest BCUT2D eigenvalue weighted by Gasteiger charge is -2.28. The first-order valence-electron chi connectivity index (χ1n) is 11.8. The second-order valence-electron chi connectivity index (χ2n) is 8.88. The summed E-state index contributed by atoms with van der Waals surface area (Å²) in [4.78, 5) is 18.8. The molecule has 2 atom stereocenters. The van der Waals surface area contributed by atoms with Gasteiger partial charge in [0.1, 0.15) is 12.7 Å². The zero-order chi connectivity index (χ0) is 25.4. The number of thiocarbonyl (C=S) groups is 1. The van der Waals surface area contributed by atoms with E-state index in [1.165, 1.54) is 0 Å². The summed E-state index contributed by atoms with van der Waals surface area (Å²) < 4.78 is 3.95. The quantitative estimate of drug-likeness (QED) is 0.383. The summed E-state index contributed by atoms with van der Waals surface area (Å²) in [7, 11) is 0. The van der Waals surface area contributed by atoms with Crippen molar-refractivity contribution in [2.45, 2.75) is 46.2 Å². The number of hydrogen-bond donors (Lipinski definition) is 2. The van der Waals surface area contributed by atoms with Crippen molar-refractivity contribution in [1.82, 2.24) is 29.9 Å². The van der Waals surface area contributed by atoms with E-state index in [1.807, 2.05) is 48.9 Å². The lowest BCUT2D eigenvalue weighted by atomic mass is 9.96. The average Bonchev–Trinajstić information content (AvgIpc) is 3.58.